The van der Waals surface area contributed by atoms with Crippen LogP contribution in [0.25, 0.3) is 0 Å². The van der Waals surface area contributed by atoms with E-state index in [-0.39, 0.29) is 18.1 Å². The largest absolute Gasteiger partial charge is 0.440 e. The van der Waals surface area contributed by atoms with Gasteiger partial charge in [-0.25, -0.2) is 4.79 Å². The fourth-order valence-corrected chi connectivity index (χ4v) is 1.44. The van der Waals surface area contributed by atoms with E-state index in [2.05, 4.69) is 10.1 Å². The third-order valence-electron chi connectivity index (χ3n) is 2.57. The highest BCUT2D eigenvalue weighted by Crippen LogP contribution is 2.18. The predicted molar refractivity (Wildman–Crippen MR) is 69.6 cm³/mol. The number of ether oxygens (including phenoxy) is 1. The highest BCUT2D eigenvalue weighted by atomic mass is 19.4. The van der Waals surface area contributed by atoms with Gasteiger partial charge in [-0.3, -0.25) is 10.1 Å². The molecule has 1 rings (SSSR count). The molecule has 0 fully saturated rings. The van der Waals surface area contributed by atoms with Crippen LogP contribution in [0.3, 0.4) is 0 Å². The number of carbonyl (C=O) groups is 2. The molecule has 0 heterocycles. The summed E-state index contributed by atoms with van der Waals surface area (Å²) in [7, 11) is 1.57. The molecule has 0 aromatic heterocycles. The third kappa shape index (κ3) is 6.15. The summed E-state index contributed by atoms with van der Waals surface area (Å²) in [5.74, 6) is -0.176. The van der Waals surface area contributed by atoms with Crippen LogP contribution in [0.5, 0.6) is 0 Å². The van der Waals surface area contributed by atoms with E-state index < -0.39 is 18.9 Å². The normalized spacial score (nSPS) is 10.9. The maximum Gasteiger partial charge on any atom is 0.422 e. The molecule has 0 bridgehead atoms. The number of nitrogens with zero attached hydrogens (tertiary/aromatic N) is 1. The quantitative estimate of drug-likeness (QED) is 0.930. The average molecular weight is 304 g/mol. The smallest absolute Gasteiger partial charge is 0.422 e. The summed E-state index contributed by atoms with van der Waals surface area (Å²) in [6.45, 7) is -0.0625. The molecule has 2 amide bonds. The second-order valence-corrected chi connectivity index (χ2v) is 4.35. The van der Waals surface area contributed by atoms with E-state index in [1.54, 1.807) is 25.2 Å². The molecule has 1 aromatic carbocycles. The summed E-state index contributed by atoms with van der Waals surface area (Å²) in [6.07, 6.45) is -5.78. The average Bonchev–Trinajstić information content (AvgIpc) is 2.37. The molecule has 0 unspecified atom stereocenters. The van der Waals surface area contributed by atoms with Crippen LogP contribution in [-0.2, 0) is 16.1 Å². The second-order valence-electron chi connectivity index (χ2n) is 4.35. The maximum absolute atomic E-state index is 11.9. The van der Waals surface area contributed by atoms with Gasteiger partial charge in [-0.2, -0.15) is 13.2 Å². The van der Waals surface area contributed by atoms with Crippen LogP contribution >= 0.6 is 0 Å². The number of para-hydroxylation sites is 1. The predicted octanol–water partition coefficient (Wildman–Crippen LogP) is 2.78. The minimum atomic E-state index is -4.58. The lowest BCUT2D eigenvalue weighted by atomic mass is 10.1. The fraction of sp³-hybridized carbons (Fsp3) is 0.385. The summed E-state index contributed by atoms with van der Waals surface area (Å²) in [5.41, 5.74) is 0.872. The minimum absolute atomic E-state index is 0.176. The van der Waals surface area contributed by atoms with E-state index in [0.29, 0.717) is 5.56 Å². The van der Waals surface area contributed by atoms with Crippen molar-refractivity contribution < 1.29 is 27.5 Å². The first-order valence-electron chi connectivity index (χ1n) is 5.99. The number of halogens is 3. The third-order valence-corrected chi connectivity index (χ3v) is 2.57. The van der Waals surface area contributed by atoms with E-state index in [4.69, 9.17) is 0 Å². The summed E-state index contributed by atoms with van der Waals surface area (Å²) >= 11 is 0. The van der Waals surface area contributed by atoms with Gasteiger partial charge in [0.15, 0.2) is 6.61 Å². The highest BCUT2D eigenvalue weighted by molar-refractivity contribution is 5.85. The highest BCUT2D eigenvalue weighted by Gasteiger charge is 2.29. The van der Waals surface area contributed by atoms with E-state index in [9.17, 15) is 22.8 Å². The van der Waals surface area contributed by atoms with E-state index in [1.165, 1.54) is 17.9 Å². The number of rotatable bonds is 4. The van der Waals surface area contributed by atoms with Gasteiger partial charge in [0.25, 0.3) is 0 Å². The number of anilines is 1. The van der Waals surface area contributed by atoms with Crippen LogP contribution in [0, 0.1) is 0 Å². The molecule has 0 saturated heterocycles. The Morgan fingerprint density at radius 3 is 2.48 bits per heavy atom. The Labute approximate surface area is 119 Å². The number of hydrogen-bond acceptors (Lipinski definition) is 3. The van der Waals surface area contributed by atoms with Crippen molar-refractivity contribution >= 4 is 17.7 Å². The standard InChI is InChI=1S/C13H15F3N2O3/c1-9(19)18(2)7-10-5-3-4-6-11(10)17-12(20)21-8-13(14,15)16/h3-6H,7-8H2,1-2H3,(H,17,20). The molecule has 0 saturated carbocycles. The van der Waals surface area contributed by atoms with Crippen LogP contribution in [0.2, 0.25) is 0 Å². The van der Waals surface area contributed by atoms with Crippen molar-refractivity contribution in [2.75, 3.05) is 19.0 Å². The van der Waals surface area contributed by atoms with Gasteiger partial charge in [-0.1, -0.05) is 18.2 Å². The lowest BCUT2D eigenvalue weighted by molar-refractivity contribution is -0.159. The second kappa shape index (κ2) is 6.96. The Morgan fingerprint density at radius 1 is 1.29 bits per heavy atom. The van der Waals surface area contributed by atoms with E-state index in [1.807, 2.05) is 0 Å². The Balaban J connectivity index is 2.70. The molecule has 8 heteroatoms. The molecule has 0 atom stereocenters. The number of hydrogen-bond donors (Lipinski definition) is 1. The molecule has 0 aliphatic carbocycles. The van der Waals surface area contributed by atoms with Gasteiger partial charge < -0.3 is 9.64 Å². The molecule has 1 N–H and O–H groups in total. The van der Waals surface area contributed by atoms with Crippen LogP contribution in [-0.4, -0.2) is 36.7 Å². The zero-order valence-electron chi connectivity index (χ0n) is 11.5. The summed E-state index contributed by atoms with van der Waals surface area (Å²) in [5, 5.41) is 2.23. The number of carbonyl (C=O) groups excluding carboxylic acids is 2. The first-order valence-corrected chi connectivity index (χ1v) is 5.99. The van der Waals surface area contributed by atoms with Crippen molar-refractivity contribution in [1.82, 2.24) is 4.90 Å². The van der Waals surface area contributed by atoms with E-state index >= 15 is 0 Å². The van der Waals surface area contributed by atoms with Crippen LogP contribution < -0.4 is 5.32 Å². The molecule has 0 spiro atoms. The van der Waals surface area contributed by atoms with Crippen LogP contribution in [0.4, 0.5) is 23.7 Å². The molecule has 1 aromatic rings. The number of amides is 2. The van der Waals surface area contributed by atoms with Gasteiger partial charge in [-0.05, 0) is 11.6 Å². The maximum atomic E-state index is 11.9. The lowest BCUT2D eigenvalue weighted by Crippen LogP contribution is -2.25. The zero-order chi connectivity index (χ0) is 16.0. The van der Waals surface area contributed by atoms with Crippen molar-refractivity contribution in [3.63, 3.8) is 0 Å². The van der Waals surface area contributed by atoms with Crippen molar-refractivity contribution in [2.24, 2.45) is 0 Å². The molecule has 116 valence electrons. The van der Waals surface area contributed by atoms with Crippen molar-refractivity contribution in [2.45, 2.75) is 19.6 Å². The van der Waals surface area contributed by atoms with Gasteiger partial charge in [-0.15, -0.1) is 0 Å². The lowest BCUT2D eigenvalue weighted by Gasteiger charge is -2.18. The van der Waals surface area contributed by atoms with Gasteiger partial charge in [0.1, 0.15) is 0 Å². The van der Waals surface area contributed by atoms with Crippen LogP contribution in [0.1, 0.15) is 12.5 Å². The first-order chi connectivity index (χ1) is 9.69. The zero-order valence-corrected chi connectivity index (χ0v) is 11.5. The van der Waals surface area contributed by atoms with Gasteiger partial charge in [0, 0.05) is 26.2 Å². The summed E-state index contributed by atoms with van der Waals surface area (Å²) in [6, 6.07) is 6.46. The monoisotopic (exact) mass is 304 g/mol. The number of benzene rings is 1. The first kappa shape index (κ1) is 16.8. The van der Waals surface area contributed by atoms with Gasteiger partial charge in [0.2, 0.25) is 5.91 Å². The van der Waals surface area contributed by atoms with Crippen molar-refractivity contribution in [1.29, 1.82) is 0 Å². The number of nitrogens with one attached hydrogen (secondary N) is 1. The Morgan fingerprint density at radius 2 is 1.90 bits per heavy atom. The van der Waals surface area contributed by atoms with Crippen molar-refractivity contribution in [3.8, 4) is 0 Å². The molecule has 0 radical (unpaired) electrons. The SMILES string of the molecule is CC(=O)N(C)Cc1ccccc1NC(=O)OCC(F)(F)F. The van der Waals surface area contributed by atoms with Crippen molar-refractivity contribution in [3.05, 3.63) is 29.8 Å². The number of alkyl halides is 3. The molecule has 0 aliphatic rings. The molecule has 0 aliphatic heterocycles. The Hall–Kier alpha value is -2.25. The topological polar surface area (TPSA) is 58.6 Å². The van der Waals surface area contributed by atoms with E-state index in [0.717, 1.165) is 0 Å². The molecule has 5 nitrogen and oxygen atoms in total. The Bertz CT molecular complexity index is 518. The van der Waals surface area contributed by atoms with Gasteiger partial charge in [0.05, 0.1) is 0 Å². The Kier molecular flexibility index (Phi) is 5.57. The molecular formula is C13H15F3N2O3. The van der Waals surface area contributed by atoms with Crippen LogP contribution in [0.15, 0.2) is 24.3 Å². The molecule has 21 heavy (non-hydrogen) atoms. The minimum Gasteiger partial charge on any atom is -0.440 e. The molecular weight excluding hydrogens is 289 g/mol. The summed E-state index contributed by atoms with van der Waals surface area (Å²) in [4.78, 5) is 23.9. The van der Waals surface area contributed by atoms with Gasteiger partial charge >= 0.3 is 12.3 Å². The fourth-order valence-electron chi connectivity index (χ4n) is 1.44. The summed E-state index contributed by atoms with van der Waals surface area (Å²) < 4.78 is 39.9.